The van der Waals surface area contributed by atoms with Gasteiger partial charge in [-0.25, -0.2) is 0 Å². The van der Waals surface area contributed by atoms with Crippen LogP contribution >= 0.6 is 12.2 Å². The van der Waals surface area contributed by atoms with Gasteiger partial charge in [-0.2, -0.15) is 0 Å². The van der Waals surface area contributed by atoms with Crippen LogP contribution in [-0.4, -0.2) is 52.9 Å². The van der Waals surface area contributed by atoms with Gasteiger partial charge in [-0.1, -0.05) is 91.3 Å². The number of unbranched alkanes of at least 4 members (excludes halogenated alkanes) is 6. The SMILES string of the molecule is CCCCCCCCCC(=O)ON1C(C)(CC)CC2(OCC(CC)(COC(=S)Nc3ccccc3)CO2)C(C)C1(C)CC. The predicted octanol–water partition coefficient (Wildman–Crippen LogP) is 8.82. The summed E-state index contributed by atoms with van der Waals surface area (Å²) in [6.45, 7) is 16.7. The molecule has 0 aliphatic carbocycles. The number of para-hydroxylation sites is 1. The van der Waals surface area contributed by atoms with E-state index in [1.165, 1.54) is 32.1 Å². The first-order valence-corrected chi connectivity index (χ1v) is 17.2. The van der Waals surface area contributed by atoms with E-state index in [9.17, 15) is 4.79 Å². The number of nitrogens with zero attached hydrogens (tertiary/aromatic N) is 1. The van der Waals surface area contributed by atoms with E-state index < -0.39 is 16.9 Å². The molecule has 3 rings (SSSR count). The van der Waals surface area contributed by atoms with Crippen molar-refractivity contribution in [3.63, 3.8) is 0 Å². The van der Waals surface area contributed by atoms with E-state index in [0.29, 0.717) is 37.8 Å². The van der Waals surface area contributed by atoms with Crippen molar-refractivity contribution in [1.29, 1.82) is 0 Å². The van der Waals surface area contributed by atoms with Crippen molar-refractivity contribution in [3.05, 3.63) is 30.3 Å². The number of rotatable bonds is 15. The molecule has 1 N–H and O–H groups in total. The molecule has 0 radical (unpaired) electrons. The Kier molecular flexibility index (Phi) is 13.3. The van der Waals surface area contributed by atoms with Crippen LogP contribution < -0.4 is 5.32 Å². The molecule has 1 aromatic rings. The molecule has 43 heavy (non-hydrogen) atoms. The molecule has 2 aliphatic heterocycles. The summed E-state index contributed by atoms with van der Waals surface area (Å²) in [4.78, 5) is 19.4. The van der Waals surface area contributed by atoms with Crippen LogP contribution in [-0.2, 0) is 23.8 Å². The molecule has 0 aromatic heterocycles. The number of hydrogen-bond acceptors (Lipinski definition) is 7. The highest BCUT2D eigenvalue weighted by Crippen LogP contribution is 2.54. The molecular formula is C35H58N2O5S. The lowest BCUT2D eigenvalue weighted by atomic mass is 9.66. The Morgan fingerprint density at radius 3 is 2.16 bits per heavy atom. The highest BCUT2D eigenvalue weighted by atomic mass is 32.1. The van der Waals surface area contributed by atoms with Gasteiger partial charge in [0.25, 0.3) is 5.17 Å². The number of hydroxylamine groups is 2. The van der Waals surface area contributed by atoms with Crippen LogP contribution in [0.1, 0.15) is 126 Å². The molecule has 0 amide bonds. The highest BCUT2D eigenvalue weighted by Gasteiger charge is 2.64. The highest BCUT2D eigenvalue weighted by molar-refractivity contribution is 7.80. The Balaban J connectivity index is 1.64. The van der Waals surface area contributed by atoms with Gasteiger partial charge in [-0.3, -0.25) is 4.79 Å². The Hall–Kier alpha value is -1.74. The van der Waals surface area contributed by atoms with Crippen molar-refractivity contribution < 1.29 is 23.8 Å². The molecule has 2 heterocycles. The number of benzene rings is 1. The fraction of sp³-hybridized carbons (Fsp3) is 0.771. The van der Waals surface area contributed by atoms with E-state index in [0.717, 1.165) is 37.8 Å². The average molecular weight is 619 g/mol. The Labute approximate surface area is 266 Å². The maximum absolute atomic E-state index is 13.1. The van der Waals surface area contributed by atoms with Gasteiger partial charge in [0.15, 0.2) is 5.79 Å². The molecule has 2 aliphatic rings. The van der Waals surface area contributed by atoms with Gasteiger partial charge in [0, 0.05) is 24.4 Å². The van der Waals surface area contributed by atoms with Crippen molar-refractivity contribution >= 4 is 29.0 Å². The fourth-order valence-electron chi connectivity index (χ4n) is 6.60. The maximum Gasteiger partial charge on any atom is 0.325 e. The zero-order valence-electron chi connectivity index (χ0n) is 28.0. The van der Waals surface area contributed by atoms with Crippen LogP contribution in [0.3, 0.4) is 0 Å². The molecule has 1 spiro atoms. The molecule has 8 heteroatoms. The van der Waals surface area contributed by atoms with Gasteiger partial charge in [0.1, 0.15) is 6.61 Å². The Morgan fingerprint density at radius 1 is 0.953 bits per heavy atom. The van der Waals surface area contributed by atoms with Crippen molar-refractivity contribution in [2.75, 3.05) is 25.1 Å². The third kappa shape index (κ3) is 8.71. The topological polar surface area (TPSA) is 69.3 Å². The minimum atomic E-state index is -0.779. The number of carbonyl (C=O) groups is 1. The van der Waals surface area contributed by atoms with Gasteiger partial charge in [0.2, 0.25) is 0 Å². The fourth-order valence-corrected chi connectivity index (χ4v) is 6.78. The number of thiocarbonyl (C=S) groups is 1. The first-order chi connectivity index (χ1) is 20.5. The summed E-state index contributed by atoms with van der Waals surface area (Å²) in [5.41, 5.74) is -0.298. The number of hydrogen-bond donors (Lipinski definition) is 1. The van der Waals surface area contributed by atoms with Crippen molar-refractivity contribution in [2.45, 2.75) is 142 Å². The third-order valence-electron chi connectivity index (χ3n) is 10.4. The quantitative estimate of drug-likeness (QED) is 0.154. The summed E-state index contributed by atoms with van der Waals surface area (Å²) in [5, 5.41) is 5.51. The molecule has 2 fully saturated rings. The van der Waals surface area contributed by atoms with E-state index in [1.807, 2.05) is 35.4 Å². The van der Waals surface area contributed by atoms with Gasteiger partial charge in [0.05, 0.1) is 29.7 Å². The number of ether oxygens (including phenoxy) is 3. The smallest absolute Gasteiger partial charge is 0.325 e. The van der Waals surface area contributed by atoms with Crippen LogP contribution in [0.15, 0.2) is 30.3 Å². The van der Waals surface area contributed by atoms with E-state index in [2.05, 4.69) is 53.8 Å². The van der Waals surface area contributed by atoms with Crippen molar-refractivity contribution in [2.24, 2.45) is 11.3 Å². The Bertz CT molecular complexity index is 1010. The minimum absolute atomic E-state index is 0.0346. The van der Waals surface area contributed by atoms with E-state index >= 15 is 0 Å². The van der Waals surface area contributed by atoms with E-state index in [1.54, 1.807) is 0 Å². The largest absolute Gasteiger partial charge is 0.470 e. The second kappa shape index (κ2) is 16.0. The summed E-state index contributed by atoms with van der Waals surface area (Å²) >= 11 is 5.47. The number of carbonyl (C=O) groups excluding carboxylic acids is 1. The summed E-state index contributed by atoms with van der Waals surface area (Å²) in [6.07, 6.45) is 11.7. The molecule has 3 atom stereocenters. The molecular weight excluding hydrogens is 560 g/mol. The summed E-state index contributed by atoms with van der Waals surface area (Å²) in [5.74, 6) is -0.949. The standard InChI is InChI=1S/C35H58N2O5S/c1-8-12-13-14-15-16-20-23-30(38)42-37-32(6,9-2)24-35(28(5)33(37,7)10-3)40-26-34(11-4,27-41-35)25-39-31(43)36-29-21-18-17-19-22-29/h17-19,21-22,28H,8-16,20,23-27H2,1-7H3,(H,36,43). The van der Waals surface area contributed by atoms with Crippen LogP contribution in [0.5, 0.6) is 0 Å². The maximum atomic E-state index is 13.1. The third-order valence-corrected chi connectivity index (χ3v) is 10.6. The van der Waals surface area contributed by atoms with Gasteiger partial charge in [-0.05, 0) is 63.9 Å². The van der Waals surface area contributed by atoms with Crippen LogP contribution in [0, 0.1) is 11.3 Å². The van der Waals surface area contributed by atoms with Gasteiger partial charge in [-0.15, -0.1) is 5.06 Å². The number of nitrogens with one attached hydrogen (secondary N) is 1. The summed E-state index contributed by atoms with van der Waals surface area (Å²) < 4.78 is 19.6. The lowest BCUT2D eigenvalue weighted by molar-refractivity contribution is -0.403. The zero-order chi connectivity index (χ0) is 31.6. The summed E-state index contributed by atoms with van der Waals surface area (Å²) in [7, 11) is 0. The predicted molar refractivity (Wildman–Crippen MR) is 178 cm³/mol. The summed E-state index contributed by atoms with van der Waals surface area (Å²) in [6, 6.07) is 9.79. The first-order valence-electron chi connectivity index (χ1n) is 16.8. The second-order valence-electron chi connectivity index (χ2n) is 13.4. The molecule has 244 valence electrons. The molecule has 0 bridgehead atoms. The molecule has 1 aromatic carbocycles. The van der Waals surface area contributed by atoms with E-state index in [4.69, 9.17) is 31.3 Å². The zero-order valence-corrected chi connectivity index (χ0v) is 28.8. The molecule has 0 saturated carbocycles. The minimum Gasteiger partial charge on any atom is -0.470 e. The molecule has 2 saturated heterocycles. The van der Waals surface area contributed by atoms with Gasteiger partial charge >= 0.3 is 5.97 Å². The van der Waals surface area contributed by atoms with Gasteiger partial charge < -0.3 is 24.4 Å². The van der Waals surface area contributed by atoms with E-state index in [-0.39, 0.29) is 17.3 Å². The average Bonchev–Trinajstić information content (AvgIpc) is 3.02. The first kappa shape index (κ1) is 35.7. The van der Waals surface area contributed by atoms with Crippen molar-refractivity contribution in [3.8, 4) is 0 Å². The number of anilines is 1. The molecule has 7 nitrogen and oxygen atoms in total. The lowest BCUT2D eigenvalue weighted by Gasteiger charge is -2.63. The van der Waals surface area contributed by atoms with Crippen LogP contribution in [0.4, 0.5) is 5.69 Å². The normalized spacial score (nSPS) is 31.1. The molecule has 3 unspecified atom stereocenters. The monoisotopic (exact) mass is 618 g/mol. The van der Waals surface area contributed by atoms with Crippen LogP contribution in [0.25, 0.3) is 0 Å². The lowest BCUT2D eigenvalue weighted by Crippen LogP contribution is -2.74. The number of piperidine rings is 1. The second-order valence-corrected chi connectivity index (χ2v) is 13.8. The van der Waals surface area contributed by atoms with Crippen molar-refractivity contribution in [1.82, 2.24) is 5.06 Å². The Morgan fingerprint density at radius 2 is 1.58 bits per heavy atom. The van der Waals surface area contributed by atoms with Crippen LogP contribution in [0.2, 0.25) is 0 Å².